The van der Waals surface area contributed by atoms with Gasteiger partial charge in [-0.15, -0.1) is 0 Å². The Morgan fingerprint density at radius 2 is 1.44 bits per heavy atom. The second-order valence-corrected chi connectivity index (χ2v) is 11.2. The van der Waals surface area contributed by atoms with Crippen molar-refractivity contribution in [2.45, 2.75) is 104 Å². The summed E-state index contributed by atoms with van der Waals surface area (Å²) in [5.74, 6) is -1.23. The van der Waals surface area contributed by atoms with E-state index in [-0.39, 0.29) is 11.5 Å². The van der Waals surface area contributed by atoms with E-state index in [1.165, 1.54) is 82.8 Å². The first kappa shape index (κ1) is 32.6. The van der Waals surface area contributed by atoms with Crippen LogP contribution in [0.3, 0.4) is 0 Å². The molecular formula is C35H48F2O4. The van der Waals surface area contributed by atoms with E-state index in [1.807, 2.05) is 0 Å². The SMILES string of the molecule is CCCCCCCCOc1ccc(C(=O)Oc2ccc(OCC=C[C@H]3CC[C@H](CCCCC)CC3)cc2)c(F)c1F. The van der Waals surface area contributed by atoms with Crippen molar-refractivity contribution in [3.8, 4) is 17.2 Å². The molecule has 1 saturated carbocycles. The van der Waals surface area contributed by atoms with Crippen molar-refractivity contribution in [3.63, 3.8) is 0 Å². The first-order valence-corrected chi connectivity index (χ1v) is 15.7. The zero-order chi connectivity index (χ0) is 29.3. The fourth-order valence-corrected chi connectivity index (χ4v) is 5.38. The Labute approximate surface area is 245 Å². The second-order valence-electron chi connectivity index (χ2n) is 11.2. The van der Waals surface area contributed by atoms with E-state index in [4.69, 9.17) is 14.2 Å². The minimum Gasteiger partial charge on any atom is -0.490 e. The molecule has 0 heterocycles. The van der Waals surface area contributed by atoms with Crippen LogP contribution in [0.4, 0.5) is 8.78 Å². The Kier molecular flexibility index (Phi) is 14.7. The van der Waals surface area contributed by atoms with Crippen molar-refractivity contribution in [1.82, 2.24) is 0 Å². The molecule has 41 heavy (non-hydrogen) atoms. The average Bonchev–Trinajstić information content (AvgIpc) is 2.98. The zero-order valence-corrected chi connectivity index (χ0v) is 25.0. The highest BCUT2D eigenvalue weighted by Gasteiger charge is 2.21. The molecule has 2 aromatic rings. The van der Waals surface area contributed by atoms with E-state index in [0.29, 0.717) is 24.9 Å². The fourth-order valence-electron chi connectivity index (χ4n) is 5.38. The lowest BCUT2D eigenvalue weighted by Gasteiger charge is -2.26. The van der Waals surface area contributed by atoms with Gasteiger partial charge in [-0.2, -0.15) is 4.39 Å². The quantitative estimate of drug-likeness (QED) is 0.0774. The summed E-state index contributed by atoms with van der Waals surface area (Å²) in [4.78, 5) is 12.5. The fraction of sp³-hybridized carbons (Fsp3) is 0.571. The van der Waals surface area contributed by atoms with Crippen LogP contribution in [0.1, 0.15) is 114 Å². The number of esters is 1. The number of carbonyl (C=O) groups excluding carboxylic acids is 1. The molecule has 0 unspecified atom stereocenters. The van der Waals surface area contributed by atoms with Gasteiger partial charge in [0.25, 0.3) is 0 Å². The van der Waals surface area contributed by atoms with Gasteiger partial charge < -0.3 is 14.2 Å². The molecule has 0 spiro atoms. The molecule has 1 aliphatic rings. The molecule has 0 atom stereocenters. The molecule has 0 saturated heterocycles. The molecular weight excluding hydrogens is 522 g/mol. The van der Waals surface area contributed by atoms with Crippen LogP contribution in [0.25, 0.3) is 0 Å². The molecule has 0 radical (unpaired) electrons. The molecule has 0 amide bonds. The van der Waals surface area contributed by atoms with Gasteiger partial charge in [0, 0.05) is 0 Å². The van der Waals surface area contributed by atoms with Gasteiger partial charge in [0.2, 0.25) is 5.82 Å². The summed E-state index contributed by atoms with van der Waals surface area (Å²) in [5.41, 5.74) is -0.477. The molecule has 0 bridgehead atoms. The van der Waals surface area contributed by atoms with Crippen LogP contribution >= 0.6 is 0 Å². The van der Waals surface area contributed by atoms with Crippen molar-refractivity contribution >= 4 is 5.97 Å². The van der Waals surface area contributed by atoms with Gasteiger partial charge in [-0.1, -0.05) is 83.8 Å². The minimum absolute atomic E-state index is 0.196. The number of hydrogen-bond donors (Lipinski definition) is 0. The number of hydrogen-bond acceptors (Lipinski definition) is 4. The molecule has 1 fully saturated rings. The average molecular weight is 571 g/mol. The van der Waals surface area contributed by atoms with Gasteiger partial charge in [-0.25, -0.2) is 9.18 Å². The lowest BCUT2D eigenvalue weighted by Crippen LogP contribution is -2.13. The Balaban J connectivity index is 1.38. The van der Waals surface area contributed by atoms with Crippen LogP contribution in [0.5, 0.6) is 17.2 Å². The Morgan fingerprint density at radius 1 is 0.780 bits per heavy atom. The number of halogens is 2. The third-order valence-electron chi connectivity index (χ3n) is 7.92. The van der Waals surface area contributed by atoms with Crippen molar-refractivity contribution in [2.75, 3.05) is 13.2 Å². The lowest BCUT2D eigenvalue weighted by atomic mass is 9.79. The normalized spacial score (nSPS) is 17.1. The predicted octanol–water partition coefficient (Wildman–Crippen LogP) is 10.2. The third kappa shape index (κ3) is 11.5. The van der Waals surface area contributed by atoms with Crippen molar-refractivity contribution < 1.29 is 27.8 Å². The molecule has 6 heteroatoms. The van der Waals surface area contributed by atoms with Crippen LogP contribution in [-0.4, -0.2) is 19.2 Å². The van der Waals surface area contributed by atoms with Gasteiger partial charge in [-0.3, -0.25) is 0 Å². The minimum atomic E-state index is -1.27. The lowest BCUT2D eigenvalue weighted by molar-refractivity contribution is 0.0728. The van der Waals surface area contributed by atoms with Crippen LogP contribution in [0, 0.1) is 23.5 Å². The molecule has 0 aliphatic heterocycles. The number of unbranched alkanes of at least 4 members (excludes halogenated alkanes) is 7. The van der Waals surface area contributed by atoms with E-state index in [1.54, 1.807) is 24.3 Å². The molecule has 0 aromatic heterocycles. The summed E-state index contributed by atoms with van der Waals surface area (Å²) in [6, 6.07) is 8.99. The number of ether oxygens (including phenoxy) is 3. The highest BCUT2D eigenvalue weighted by molar-refractivity contribution is 5.91. The van der Waals surface area contributed by atoms with Gasteiger partial charge in [0.05, 0.1) is 12.2 Å². The maximum Gasteiger partial charge on any atom is 0.346 e. The van der Waals surface area contributed by atoms with Crippen LogP contribution in [-0.2, 0) is 0 Å². The molecule has 4 nitrogen and oxygen atoms in total. The Bertz CT molecular complexity index is 1060. The summed E-state index contributed by atoms with van der Waals surface area (Å²) in [7, 11) is 0. The third-order valence-corrected chi connectivity index (χ3v) is 7.92. The summed E-state index contributed by atoms with van der Waals surface area (Å²) < 4.78 is 45.6. The Morgan fingerprint density at radius 3 is 2.17 bits per heavy atom. The summed E-state index contributed by atoms with van der Waals surface area (Å²) in [6.07, 6.45) is 21.3. The maximum atomic E-state index is 14.6. The highest BCUT2D eigenvalue weighted by Crippen LogP contribution is 2.32. The highest BCUT2D eigenvalue weighted by atomic mass is 19.2. The predicted molar refractivity (Wildman–Crippen MR) is 161 cm³/mol. The van der Waals surface area contributed by atoms with Crippen molar-refractivity contribution in [2.24, 2.45) is 11.8 Å². The number of benzene rings is 2. The first-order valence-electron chi connectivity index (χ1n) is 15.7. The maximum absolute atomic E-state index is 14.6. The first-order chi connectivity index (χ1) is 20.0. The monoisotopic (exact) mass is 570 g/mol. The van der Waals surface area contributed by atoms with E-state index in [9.17, 15) is 13.6 Å². The van der Waals surface area contributed by atoms with E-state index < -0.39 is 23.2 Å². The molecule has 3 rings (SSSR count). The zero-order valence-electron chi connectivity index (χ0n) is 25.0. The molecule has 1 aliphatic carbocycles. The van der Waals surface area contributed by atoms with Gasteiger partial charge in [-0.05, 0) is 80.3 Å². The largest absolute Gasteiger partial charge is 0.490 e. The van der Waals surface area contributed by atoms with E-state index in [2.05, 4.69) is 26.0 Å². The smallest absolute Gasteiger partial charge is 0.346 e. The number of allylic oxidation sites excluding steroid dienone is 1. The summed E-state index contributed by atoms with van der Waals surface area (Å²) in [6.45, 7) is 5.18. The van der Waals surface area contributed by atoms with Gasteiger partial charge >= 0.3 is 5.97 Å². The molecule has 226 valence electrons. The van der Waals surface area contributed by atoms with Crippen LogP contribution in [0.2, 0.25) is 0 Å². The van der Waals surface area contributed by atoms with E-state index >= 15 is 0 Å². The number of rotatable bonds is 18. The van der Waals surface area contributed by atoms with Crippen molar-refractivity contribution in [1.29, 1.82) is 0 Å². The summed E-state index contributed by atoms with van der Waals surface area (Å²) >= 11 is 0. The second kappa shape index (κ2) is 18.5. The molecule has 2 aromatic carbocycles. The van der Waals surface area contributed by atoms with Crippen LogP contribution in [0.15, 0.2) is 48.6 Å². The van der Waals surface area contributed by atoms with Crippen molar-refractivity contribution in [3.05, 3.63) is 65.7 Å². The van der Waals surface area contributed by atoms with Crippen LogP contribution < -0.4 is 14.2 Å². The standard InChI is InChI=1S/C35H48F2O4/c1-3-5-7-8-9-11-25-40-32-24-23-31(33(36)34(32)37)35(38)41-30-21-19-29(20-22-30)39-26-12-14-28-17-15-27(16-18-28)13-10-6-4-2/h12,14,19-24,27-28H,3-11,13,15-18,25-26H2,1-2H3/t27-,28-. The topological polar surface area (TPSA) is 44.8 Å². The number of carbonyl (C=O) groups is 1. The molecule has 0 N–H and O–H groups in total. The van der Waals surface area contributed by atoms with Gasteiger partial charge in [0.15, 0.2) is 11.6 Å². The van der Waals surface area contributed by atoms with E-state index in [0.717, 1.165) is 25.2 Å². The van der Waals surface area contributed by atoms with Gasteiger partial charge in [0.1, 0.15) is 18.1 Å². The Hall–Kier alpha value is -2.89. The summed E-state index contributed by atoms with van der Waals surface area (Å²) in [5, 5.41) is 0.